The van der Waals surface area contributed by atoms with Gasteiger partial charge in [-0.3, -0.25) is 4.68 Å². The number of nitrogens with zero attached hydrogens (tertiary/aromatic N) is 2. The van der Waals surface area contributed by atoms with Crippen molar-refractivity contribution in [3.05, 3.63) is 15.9 Å². The largest absolute Gasteiger partial charge is 0.392 e. The highest BCUT2D eigenvalue weighted by molar-refractivity contribution is 9.10. The molecule has 1 saturated carbocycles. The van der Waals surface area contributed by atoms with Crippen molar-refractivity contribution in [1.82, 2.24) is 9.78 Å². The number of aromatic nitrogens is 2. The molecule has 2 atom stereocenters. The fourth-order valence-corrected chi connectivity index (χ4v) is 4.23. The first-order valence-corrected chi connectivity index (χ1v) is 8.04. The van der Waals surface area contributed by atoms with E-state index in [2.05, 4.69) is 41.8 Å². The topological polar surface area (TPSA) is 38.0 Å². The summed E-state index contributed by atoms with van der Waals surface area (Å²) in [6.07, 6.45) is 4.94. The molecule has 0 aliphatic heterocycles. The van der Waals surface area contributed by atoms with Crippen molar-refractivity contribution >= 4 is 15.9 Å². The molecule has 0 amide bonds. The lowest BCUT2D eigenvalue weighted by molar-refractivity contribution is 0.0528. The Kier molecular flexibility index (Phi) is 4.41. The zero-order chi connectivity index (χ0) is 14.2. The lowest BCUT2D eigenvalue weighted by Gasteiger charge is -2.31. The number of hydrogen-bond acceptors (Lipinski definition) is 2. The number of aliphatic hydroxyl groups excluding tert-OH is 1. The molecule has 0 radical (unpaired) electrons. The SMILES string of the molecule is CCc1nn(C)c(CC(O)C2CCCC2(C)C)c1Br. The predicted molar refractivity (Wildman–Crippen MR) is 81.1 cm³/mol. The van der Waals surface area contributed by atoms with Gasteiger partial charge in [0.05, 0.1) is 22.0 Å². The maximum atomic E-state index is 10.6. The number of rotatable bonds is 4. The van der Waals surface area contributed by atoms with Crippen molar-refractivity contribution in [3.8, 4) is 0 Å². The first-order chi connectivity index (χ1) is 8.86. The molecule has 1 aromatic heterocycles. The van der Waals surface area contributed by atoms with E-state index in [1.165, 1.54) is 12.8 Å². The highest BCUT2D eigenvalue weighted by Gasteiger charge is 2.39. The molecule has 0 spiro atoms. The zero-order valence-corrected chi connectivity index (χ0v) is 14.0. The van der Waals surface area contributed by atoms with Crippen molar-refractivity contribution in [2.75, 3.05) is 0 Å². The molecule has 1 aliphatic carbocycles. The van der Waals surface area contributed by atoms with E-state index in [9.17, 15) is 5.11 Å². The highest BCUT2D eigenvalue weighted by atomic mass is 79.9. The van der Waals surface area contributed by atoms with E-state index < -0.39 is 0 Å². The molecule has 1 N–H and O–H groups in total. The summed E-state index contributed by atoms with van der Waals surface area (Å²) in [4.78, 5) is 0. The van der Waals surface area contributed by atoms with E-state index in [0.29, 0.717) is 12.3 Å². The Morgan fingerprint density at radius 2 is 2.21 bits per heavy atom. The molecule has 108 valence electrons. The van der Waals surface area contributed by atoms with Gasteiger partial charge in [0.1, 0.15) is 0 Å². The molecule has 2 rings (SSSR count). The molecule has 1 heterocycles. The second kappa shape index (κ2) is 5.57. The minimum atomic E-state index is -0.270. The third-order valence-corrected chi connectivity index (χ3v) is 5.63. The number of aryl methyl sites for hydroxylation is 2. The van der Waals surface area contributed by atoms with Crippen LogP contribution in [-0.2, 0) is 19.9 Å². The summed E-state index contributed by atoms with van der Waals surface area (Å²) in [5, 5.41) is 15.1. The van der Waals surface area contributed by atoms with Crippen molar-refractivity contribution in [2.24, 2.45) is 18.4 Å². The molecule has 0 bridgehead atoms. The average Bonchev–Trinajstić information content (AvgIpc) is 2.82. The Hall–Kier alpha value is -0.350. The fourth-order valence-electron chi connectivity index (χ4n) is 3.45. The summed E-state index contributed by atoms with van der Waals surface area (Å²) < 4.78 is 2.99. The molecule has 0 aromatic carbocycles. The van der Waals surface area contributed by atoms with E-state index in [1.807, 2.05) is 11.7 Å². The van der Waals surface area contributed by atoms with Crippen LogP contribution in [0.2, 0.25) is 0 Å². The van der Waals surface area contributed by atoms with Crippen molar-refractivity contribution in [3.63, 3.8) is 0 Å². The third-order valence-electron chi connectivity index (χ3n) is 4.71. The lowest BCUT2D eigenvalue weighted by Crippen LogP contribution is -2.31. The molecule has 4 heteroatoms. The molecule has 1 aromatic rings. The van der Waals surface area contributed by atoms with Gasteiger partial charge in [-0.2, -0.15) is 5.10 Å². The molecule has 19 heavy (non-hydrogen) atoms. The van der Waals surface area contributed by atoms with E-state index in [0.717, 1.165) is 28.7 Å². The molecule has 3 nitrogen and oxygen atoms in total. The summed E-state index contributed by atoms with van der Waals surface area (Å²) in [5.74, 6) is 0.402. The molecule has 1 fully saturated rings. The van der Waals surface area contributed by atoms with Gasteiger partial charge in [0.25, 0.3) is 0 Å². The van der Waals surface area contributed by atoms with E-state index in [-0.39, 0.29) is 11.5 Å². The van der Waals surface area contributed by atoms with Gasteiger partial charge < -0.3 is 5.11 Å². The van der Waals surface area contributed by atoms with Crippen LogP contribution in [0.1, 0.15) is 51.4 Å². The van der Waals surface area contributed by atoms with Crippen LogP contribution in [0.3, 0.4) is 0 Å². The standard InChI is InChI=1S/C15H25BrN2O/c1-5-11-14(16)12(18(4)17-11)9-13(19)10-7-6-8-15(10,2)3/h10,13,19H,5-9H2,1-4H3. The van der Waals surface area contributed by atoms with Gasteiger partial charge in [0.15, 0.2) is 0 Å². The van der Waals surface area contributed by atoms with E-state index in [1.54, 1.807) is 0 Å². The summed E-state index contributed by atoms with van der Waals surface area (Å²) in [6, 6.07) is 0. The van der Waals surface area contributed by atoms with Gasteiger partial charge in [-0.05, 0) is 46.5 Å². The van der Waals surface area contributed by atoms with Crippen LogP contribution in [0, 0.1) is 11.3 Å². The zero-order valence-electron chi connectivity index (χ0n) is 12.4. The average molecular weight is 329 g/mol. The molecular weight excluding hydrogens is 304 g/mol. The highest BCUT2D eigenvalue weighted by Crippen LogP contribution is 2.45. The second-order valence-corrected chi connectivity index (χ2v) is 7.24. The number of aliphatic hydroxyl groups is 1. The van der Waals surface area contributed by atoms with Gasteiger partial charge >= 0.3 is 0 Å². The van der Waals surface area contributed by atoms with Crippen LogP contribution in [0.4, 0.5) is 0 Å². The Balaban J connectivity index is 2.15. The van der Waals surface area contributed by atoms with Gasteiger partial charge in [-0.1, -0.05) is 27.2 Å². The van der Waals surface area contributed by atoms with Crippen LogP contribution in [0.5, 0.6) is 0 Å². The smallest absolute Gasteiger partial charge is 0.0766 e. The normalized spacial score (nSPS) is 23.8. The van der Waals surface area contributed by atoms with Gasteiger partial charge in [-0.15, -0.1) is 0 Å². The Morgan fingerprint density at radius 3 is 2.68 bits per heavy atom. The molecule has 2 unspecified atom stereocenters. The number of halogens is 1. The van der Waals surface area contributed by atoms with Crippen molar-refractivity contribution in [1.29, 1.82) is 0 Å². The molecule has 0 saturated heterocycles. The van der Waals surface area contributed by atoms with Gasteiger partial charge in [-0.25, -0.2) is 0 Å². The number of hydrogen-bond donors (Lipinski definition) is 1. The molecular formula is C15H25BrN2O. The first-order valence-electron chi connectivity index (χ1n) is 7.25. The Morgan fingerprint density at radius 1 is 1.53 bits per heavy atom. The monoisotopic (exact) mass is 328 g/mol. The maximum absolute atomic E-state index is 10.6. The Labute approximate surface area is 124 Å². The van der Waals surface area contributed by atoms with Crippen LogP contribution < -0.4 is 0 Å². The minimum Gasteiger partial charge on any atom is -0.392 e. The van der Waals surface area contributed by atoms with Crippen molar-refractivity contribution < 1.29 is 5.11 Å². The second-order valence-electron chi connectivity index (χ2n) is 6.44. The Bertz CT molecular complexity index is 453. The van der Waals surface area contributed by atoms with Gasteiger partial charge in [0, 0.05) is 13.5 Å². The first kappa shape index (κ1) is 15.0. The van der Waals surface area contributed by atoms with Crippen LogP contribution in [0.25, 0.3) is 0 Å². The summed E-state index contributed by atoms with van der Waals surface area (Å²) in [6.45, 7) is 6.67. The van der Waals surface area contributed by atoms with Crippen molar-refractivity contribution in [2.45, 2.75) is 59.0 Å². The third kappa shape index (κ3) is 2.89. The summed E-state index contributed by atoms with van der Waals surface area (Å²) >= 11 is 3.63. The predicted octanol–water partition coefficient (Wildman–Crippen LogP) is 3.47. The summed E-state index contributed by atoms with van der Waals surface area (Å²) in [5.41, 5.74) is 2.46. The van der Waals surface area contributed by atoms with Crippen LogP contribution in [0.15, 0.2) is 4.47 Å². The van der Waals surface area contributed by atoms with E-state index >= 15 is 0 Å². The van der Waals surface area contributed by atoms with Crippen LogP contribution >= 0.6 is 15.9 Å². The molecule has 1 aliphatic rings. The fraction of sp³-hybridized carbons (Fsp3) is 0.800. The maximum Gasteiger partial charge on any atom is 0.0766 e. The summed E-state index contributed by atoms with van der Waals surface area (Å²) in [7, 11) is 1.96. The quantitative estimate of drug-likeness (QED) is 0.918. The van der Waals surface area contributed by atoms with Gasteiger partial charge in [0.2, 0.25) is 0 Å². The minimum absolute atomic E-state index is 0.262. The van der Waals surface area contributed by atoms with Crippen LogP contribution in [-0.4, -0.2) is 21.0 Å². The van der Waals surface area contributed by atoms with E-state index in [4.69, 9.17) is 0 Å². The lowest BCUT2D eigenvalue weighted by atomic mass is 9.77.